The zero-order valence-corrected chi connectivity index (χ0v) is 10.2. The van der Waals surface area contributed by atoms with E-state index in [1.807, 2.05) is 0 Å². The third-order valence-electron chi connectivity index (χ3n) is 3.94. The molecule has 1 saturated heterocycles. The number of piperidine rings is 1. The van der Waals surface area contributed by atoms with Gasteiger partial charge in [0.1, 0.15) is 0 Å². The Kier molecular flexibility index (Phi) is 2.41. The first kappa shape index (κ1) is 9.25. The van der Waals surface area contributed by atoms with Crippen LogP contribution in [0, 0.1) is 11.8 Å². The molecule has 12 heavy (non-hydrogen) atoms. The van der Waals surface area contributed by atoms with Crippen LogP contribution in [0.15, 0.2) is 0 Å². The molecule has 2 rings (SSSR count). The summed E-state index contributed by atoms with van der Waals surface area (Å²) < 4.78 is 2.60. The molecule has 0 aromatic heterocycles. The predicted octanol–water partition coefficient (Wildman–Crippen LogP) is 3.24. The van der Waals surface area contributed by atoms with Gasteiger partial charge in [0.2, 0.25) is 0 Å². The van der Waals surface area contributed by atoms with Crippen molar-refractivity contribution in [1.29, 1.82) is 0 Å². The van der Waals surface area contributed by atoms with Gasteiger partial charge < -0.3 is 0 Å². The summed E-state index contributed by atoms with van der Waals surface area (Å²) in [6.07, 6.45) is 5.64. The van der Waals surface area contributed by atoms with Gasteiger partial charge in [0, 0.05) is 34.9 Å². The molecule has 0 aromatic carbocycles. The summed E-state index contributed by atoms with van der Waals surface area (Å²) in [6, 6.07) is 0. The van der Waals surface area contributed by atoms with Gasteiger partial charge in [-0.25, -0.2) is 3.11 Å². The lowest BCUT2D eigenvalue weighted by Gasteiger charge is -2.42. The Balaban J connectivity index is 2.10. The van der Waals surface area contributed by atoms with Crippen LogP contribution in [0.5, 0.6) is 0 Å². The second kappa shape index (κ2) is 3.12. The Bertz CT molecular complexity index is 177. The fourth-order valence-electron chi connectivity index (χ4n) is 2.65. The smallest absolute Gasteiger partial charge is 0.0302 e. The molecule has 2 fully saturated rings. The average molecular weight is 279 g/mol. The van der Waals surface area contributed by atoms with Gasteiger partial charge in [-0.15, -0.1) is 0 Å². The second-order valence-electron chi connectivity index (χ2n) is 4.44. The second-order valence-corrected chi connectivity index (χ2v) is 5.60. The van der Waals surface area contributed by atoms with Gasteiger partial charge in [-0.3, -0.25) is 0 Å². The third-order valence-corrected chi connectivity index (χ3v) is 5.35. The molecule has 1 aliphatic carbocycles. The largest absolute Gasteiger partial charge is 0.241 e. The fourth-order valence-corrected chi connectivity index (χ4v) is 4.04. The Morgan fingerprint density at radius 3 is 2.58 bits per heavy atom. The molecule has 2 atom stereocenters. The highest BCUT2D eigenvalue weighted by atomic mass is 127. The minimum absolute atomic E-state index is 0.554. The van der Waals surface area contributed by atoms with Crippen LogP contribution in [0.3, 0.4) is 0 Å². The molecule has 0 amide bonds. The first-order valence-corrected chi connectivity index (χ1v) is 6.11. The standard InChI is InChI=1S/C10H18IN/c1-3-10(4-2)6-8-5-9(8)7-12(10)11/h8-9H,3-7H2,1-2H3/t8-,9+/m0/s1. The van der Waals surface area contributed by atoms with Gasteiger partial charge in [0.25, 0.3) is 0 Å². The molecule has 0 radical (unpaired) electrons. The van der Waals surface area contributed by atoms with Crippen molar-refractivity contribution in [3.63, 3.8) is 0 Å². The van der Waals surface area contributed by atoms with Gasteiger partial charge in [-0.1, -0.05) is 13.8 Å². The van der Waals surface area contributed by atoms with E-state index in [9.17, 15) is 0 Å². The SMILES string of the molecule is CCC1(CC)C[C@@H]2C[C@@H]2CN1I. The molecular formula is C10H18IN. The van der Waals surface area contributed by atoms with Crippen LogP contribution < -0.4 is 0 Å². The van der Waals surface area contributed by atoms with Gasteiger partial charge in [0.05, 0.1) is 0 Å². The van der Waals surface area contributed by atoms with Gasteiger partial charge in [0.15, 0.2) is 0 Å². The van der Waals surface area contributed by atoms with Gasteiger partial charge >= 0.3 is 0 Å². The van der Waals surface area contributed by atoms with Crippen molar-refractivity contribution in [1.82, 2.24) is 3.11 Å². The molecule has 0 bridgehead atoms. The molecular weight excluding hydrogens is 261 g/mol. The van der Waals surface area contributed by atoms with Crippen molar-refractivity contribution < 1.29 is 0 Å². The van der Waals surface area contributed by atoms with Crippen LogP contribution in [-0.4, -0.2) is 15.2 Å². The van der Waals surface area contributed by atoms with E-state index in [0.29, 0.717) is 5.54 Å². The molecule has 0 spiro atoms. The number of fused-ring (bicyclic) bond motifs is 1. The van der Waals surface area contributed by atoms with Crippen LogP contribution in [0.2, 0.25) is 0 Å². The molecule has 2 aliphatic rings. The maximum absolute atomic E-state index is 2.60. The maximum Gasteiger partial charge on any atom is 0.0302 e. The van der Waals surface area contributed by atoms with Crippen molar-refractivity contribution in [3.05, 3.63) is 0 Å². The number of hydrogen-bond donors (Lipinski definition) is 0. The first-order valence-electron chi connectivity index (χ1n) is 5.15. The van der Waals surface area contributed by atoms with E-state index in [1.54, 1.807) is 0 Å². The highest BCUT2D eigenvalue weighted by Gasteiger charge is 2.50. The zero-order valence-electron chi connectivity index (χ0n) is 8.02. The van der Waals surface area contributed by atoms with Crippen LogP contribution in [0.4, 0.5) is 0 Å². The highest BCUT2D eigenvalue weighted by Crippen LogP contribution is 2.53. The van der Waals surface area contributed by atoms with Gasteiger partial charge in [-0.05, 0) is 37.5 Å². The summed E-state index contributed by atoms with van der Waals surface area (Å²) in [5, 5.41) is 0. The molecule has 0 N–H and O–H groups in total. The minimum atomic E-state index is 0.554. The number of nitrogens with zero attached hydrogens (tertiary/aromatic N) is 1. The Morgan fingerprint density at radius 2 is 2.00 bits per heavy atom. The molecule has 70 valence electrons. The predicted molar refractivity (Wildman–Crippen MR) is 60.3 cm³/mol. The normalized spacial score (nSPS) is 39.2. The first-order chi connectivity index (χ1) is 5.72. The summed E-state index contributed by atoms with van der Waals surface area (Å²) >= 11 is 2.55. The van der Waals surface area contributed by atoms with Crippen LogP contribution in [0.1, 0.15) is 39.5 Å². The molecule has 1 nitrogen and oxygen atoms in total. The number of halogens is 1. The third kappa shape index (κ3) is 1.31. The van der Waals surface area contributed by atoms with E-state index in [0.717, 1.165) is 11.8 Å². The Labute approximate surface area is 89.4 Å². The Hall–Kier alpha value is 0.690. The topological polar surface area (TPSA) is 3.24 Å². The summed E-state index contributed by atoms with van der Waals surface area (Å²) in [6.45, 7) is 6.04. The van der Waals surface area contributed by atoms with Crippen molar-refractivity contribution in [2.45, 2.75) is 45.1 Å². The highest BCUT2D eigenvalue weighted by molar-refractivity contribution is 14.1. The van der Waals surface area contributed by atoms with Crippen molar-refractivity contribution >= 4 is 22.9 Å². The zero-order chi connectivity index (χ0) is 8.77. The summed E-state index contributed by atoms with van der Waals surface area (Å²) in [5.74, 6) is 2.16. The fraction of sp³-hybridized carbons (Fsp3) is 1.00. The van der Waals surface area contributed by atoms with E-state index in [-0.39, 0.29) is 0 Å². The van der Waals surface area contributed by atoms with Crippen LogP contribution in [-0.2, 0) is 0 Å². The summed E-state index contributed by atoms with van der Waals surface area (Å²) in [7, 11) is 0. The average Bonchev–Trinajstić information content (AvgIpc) is 2.80. The van der Waals surface area contributed by atoms with Crippen LogP contribution >= 0.6 is 22.9 Å². The number of rotatable bonds is 2. The van der Waals surface area contributed by atoms with E-state index in [1.165, 1.54) is 32.2 Å². The van der Waals surface area contributed by atoms with E-state index >= 15 is 0 Å². The lowest BCUT2D eigenvalue weighted by atomic mass is 9.84. The van der Waals surface area contributed by atoms with Crippen molar-refractivity contribution in [3.8, 4) is 0 Å². The lowest BCUT2D eigenvalue weighted by molar-refractivity contribution is 0.144. The van der Waals surface area contributed by atoms with Crippen molar-refractivity contribution in [2.75, 3.05) is 6.54 Å². The van der Waals surface area contributed by atoms with Gasteiger partial charge in [-0.2, -0.15) is 0 Å². The van der Waals surface area contributed by atoms with E-state index in [2.05, 4.69) is 39.8 Å². The summed E-state index contributed by atoms with van der Waals surface area (Å²) in [5.41, 5.74) is 0.554. The molecule has 1 heterocycles. The molecule has 1 aliphatic heterocycles. The maximum atomic E-state index is 2.60. The molecule has 1 saturated carbocycles. The number of hydrogen-bond acceptors (Lipinski definition) is 1. The quantitative estimate of drug-likeness (QED) is 0.554. The summed E-state index contributed by atoms with van der Waals surface area (Å²) in [4.78, 5) is 0. The van der Waals surface area contributed by atoms with E-state index in [4.69, 9.17) is 0 Å². The van der Waals surface area contributed by atoms with Crippen molar-refractivity contribution in [2.24, 2.45) is 11.8 Å². The lowest BCUT2D eigenvalue weighted by Crippen LogP contribution is -2.46. The Morgan fingerprint density at radius 1 is 1.33 bits per heavy atom. The van der Waals surface area contributed by atoms with E-state index < -0.39 is 0 Å². The van der Waals surface area contributed by atoms with Crippen LogP contribution in [0.25, 0.3) is 0 Å². The molecule has 0 aromatic rings. The molecule has 2 heteroatoms. The molecule has 0 unspecified atom stereocenters. The monoisotopic (exact) mass is 279 g/mol. The minimum Gasteiger partial charge on any atom is -0.241 e.